The molecular formula is C16H23NO. The van der Waals surface area contributed by atoms with E-state index in [-0.39, 0.29) is 6.10 Å². The van der Waals surface area contributed by atoms with E-state index in [1.54, 1.807) is 0 Å². The van der Waals surface area contributed by atoms with Gasteiger partial charge in [0.1, 0.15) is 0 Å². The maximum Gasteiger partial charge on any atom is 0.0531 e. The quantitative estimate of drug-likeness (QED) is 0.881. The second-order valence-corrected chi connectivity index (χ2v) is 6.02. The van der Waals surface area contributed by atoms with E-state index in [0.29, 0.717) is 6.04 Å². The van der Waals surface area contributed by atoms with Gasteiger partial charge in [0.25, 0.3) is 0 Å². The smallest absolute Gasteiger partial charge is 0.0531 e. The average Bonchev–Trinajstić information content (AvgIpc) is 2.60. The van der Waals surface area contributed by atoms with Crippen molar-refractivity contribution in [1.29, 1.82) is 0 Å². The SMILES string of the molecule is CC(O)CC1Cc2ccccc2N1CC1CCC1. The Morgan fingerprint density at radius 1 is 1.33 bits per heavy atom. The van der Waals surface area contributed by atoms with Crippen LogP contribution in [0, 0.1) is 5.92 Å². The molecule has 1 fully saturated rings. The van der Waals surface area contributed by atoms with Gasteiger partial charge in [-0.1, -0.05) is 24.6 Å². The first-order valence-electron chi connectivity index (χ1n) is 7.26. The van der Waals surface area contributed by atoms with E-state index in [4.69, 9.17) is 0 Å². The molecule has 1 heterocycles. The topological polar surface area (TPSA) is 23.5 Å². The van der Waals surface area contributed by atoms with E-state index >= 15 is 0 Å². The summed E-state index contributed by atoms with van der Waals surface area (Å²) in [6.45, 7) is 3.10. The molecule has 0 bridgehead atoms. The van der Waals surface area contributed by atoms with E-state index in [2.05, 4.69) is 29.2 Å². The first-order valence-corrected chi connectivity index (χ1v) is 7.26. The lowest BCUT2D eigenvalue weighted by Crippen LogP contribution is -2.39. The summed E-state index contributed by atoms with van der Waals surface area (Å²) in [6, 6.07) is 9.26. The first-order chi connectivity index (χ1) is 8.74. The average molecular weight is 245 g/mol. The lowest BCUT2D eigenvalue weighted by molar-refractivity contribution is 0.172. The van der Waals surface area contributed by atoms with Crippen LogP contribution in [-0.4, -0.2) is 23.8 Å². The Bertz CT molecular complexity index is 411. The number of nitrogens with zero attached hydrogens (tertiary/aromatic N) is 1. The van der Waals surface area contributed by atoms with Gasteiger partial charge in [0.05, 0.1) is 6.10 Å². The third-order valence-corrected chi connectivity index (χ3v) is 4.49. The van der Waals surface area contributed by atoms with Gasteiger partial charge in [-0.25, -0.2) is 0 Å². The zero-order chi connectivity index (χ0) is 12.5. The molecule has 1 aliphatic carbocycles. The third-order valence-electron chi connectivity index (χ3n) is 4.49. The van der Waals surface area contributed by atoms with Crippen LogP contribution in [0.1, 0.15) is 38.2 Å². The summed E-state index contributed by atoms with van der Waals surface area (Å²) in [7, 11) is 0. The molecule has 2 nitrogen and oxygen atoms in total. The zero-order valence-corrected chi connectivity index (χ0v) is 11.2. The summed E-state index contributed by atoms with van der Waals surface area (Å²) in [5.41, 5.74) is 2.87. The molecule has 2 aliphatic rings. The van der Waals surface area contributed by atoms with Gasteiger partial charge in [-0.05, 0) is 50.2 Å². The Labute approximate surface area is 110 Å². The summed E-state index contributed by atoms with van der Waals surface area (Å²) in [5, 5.41) is 9.69. The van der Waals surface area contributed by atoms with Crippen LogP contribution in [0.3, 0.4) is 0 Å². The number of aliphatic hydroxyl groups excluding tert-OH is 1. The van der Waals surface area contributed by atoms with Crippen molar-refractivity contribution >= 4 is 5.69 Å². The van der Waals surface area contributed by atoms with E-state index < -0.39 is 0 Å². The molecule has 1 aromatic carbocycles. The van der Waals surface area contributed by atoms with Crippen LogP contribution in [0.2, 0.25) is 0 Å². The summed E-state index contributed by atoms with van der Waals surface area (Å²) in [5.74, 6) is 0.882. The van der Waals surface area contributed by atoms with Crippen molar-refractivity contribution in [1.82, 2.24) is 0 Å². The van der Waals surface area contributed by atoms with E-state index in [1.807, 2.05) is 6.92 Å². The summed E-state index contributed by atoms with van der Waals surface area (Å²) in [6.07, 6.45) is 5.98. The van der Waals surface area contributed by atoms with Crippen molar-refractivity contribution in [2.24, 2.45) is 5.92 Å². The molecule has 3 rings (SSSR count). The number of rotatable bonds is 4. The Balaban J connectivity index is 1.79. The lowest BCUT2D eigenvalue weighted by Gasteiger charge is -2.35. The third kappa shape index (κ3) is 2.26. The predicted octanol–water partition coefficient (Wildman–Crippen LogP) is 2.99. The van der Waals surface area contributed by atoms with Gasteiger partial charge in [0.2, 0.25) is 0 Å². The summed E-state index contributed by atoms with van der Waals surface area (Å²) >= 11 is 0. The largest absolute Gasteiger partial charge is 0.393 e. The van der Waals surface area contributed by atoms with Crippen LogP contribution >= 0.6 is 0 Å². The second kappa shape index (κ2) is 4.93. The maximum atomic E-state index is 9.69. The van der Waals surface area contributed by atoms with Crippen molar-refractivity contribution < 1.29 is 5.11 Å². The Kier molecular flexibility index (Phi) is 3.29. The van der Waals surface area contributed by atoms with Crippen LogP contribution in [-0.2, 0) is 6.42 Å². The molecule has 98 valence electrons. The fraction of sp³-hybridized carbons (Fsp3) is 0.625. The normalized spacial score (nSPS) is 24.8. The minimum Gasteiger partial charge on any atom is -0.393 e. The van der Waals surface area contributed by atoms with Gasteiger partial charge in [-0.15, -0.1) is 0 Å². The Morgan fingerprint density at radius 2 is 2.11 bits per heavy atom. The number of hydrogen-bond acceptors (Lipinski definition) is 2. The molecule has 1 saturated carbocycles. The Hall–Kier alpha value is -1.02. The molecular weight excluding hydrogens is 222 g/mol. The lowest BCUT2D eigenvalue weighted by atomic mass is 9.85. The van der Waals surface area contributed by atoms with E-state index in [0.717, 1.165) is 18.8 Å². The summed E-state index contributed by atoms with van der Waals surface area (Å²) in [4.78, 5) is 2.56. The predicted molar refractivity (Wildman–Crippen MR) is 74.9 cm³/mol. The molecule has 0 saturated heterocycles. The van der Waals surface area contributed by atoms with E-state index in [9.17, 15) is 5.11 Å². The molecule has 18 heavy (non-hydrogen) atoms. The molecule has 0 spiro atoms. The van der Waals surface area contributed by atoms with Gasteiger partial charge < -0.3 is 10.0 Å². The minimum atomic E-state index is -0.201. The van der Waals surface area contributed by atoms with Crippen LogP contribution in [0.15, 0.2) is 24.3 Å². The number of fused-ring (bicyclic) bond motifs is 1. The van der Waals surface area contributed by atoms with Crippen molar-refractivity contribution in [3.8, 4) is 0 Å². The highest BCUT2D eigenvalue weighted by Gasteiger charge is 2.32. The number of para-hydroxylation sites is 1. The maximum absolute atomic E-state index is 9.69. The molecule has 1 N–H and O–H groups in total. The number of anilines is 1. The molecule has 2 unspecified atom stereocenters. The minimum absolute atomic E-state index is 0.201. The molecule has 0 aromatic heterocycles. The highest BCUT2D eigenvalue weighted by atomic mass is 16.3. The van der Waals surface area contributed by atoms with Crippen LogP contribution < -0.4 is 4.90 Å². The zero-order valence-electron chi connectivity index (χ0n) is 11.2. The molecule has 2 atom stereocenters. The van der Waals surface area contributed by atoms with Crippen LogP contribution in [0.4, 0.5) is 5.69 Å². The standard InChI is InChI=1S/C16H23NO/c1-12(18)9-15-10-14-7-2-3-8-16(14)17(15)11-13-5-4-6-13/h2-3,7-8,12-13,15,18H,4-6,9-11H2,1H3. The number of hydrogen-bond donors (Lipinski definition) is 1. The highest BCUT2D eigenvalue weighted by Crippen LogP contribution is 2.37. The van der Waals surface area contributed by atoms with Gasteiger partial charge in [-0.3, -0.25) is 0 Å². The second-order valence-electron chi connectivity index (χ2n) is 6.02. The number of benzene rings is 1. The van der Waals surface area contributed by atoms with Crippen LogP contribution in [0.5, 0.6) is 0 Å². The molecule has 1 aliphatic heterocycles. The summed E-state index contributed by atoms with van der Waals surface area (Å²) < 4.78 is 0. The fourth-order valence-corrected chi connectivity index (χ4v) is 3.33. The van der Waals surface area contributed by atoms with Crippen LogP contribution in [0.25, 0.3) is 0 Å². The van der Waals surface area contributed by atoms with Crippen molar-refractivity contribution in [3.63, 3.8) is 0 Å². The Morgan fingerprint density at radius 3 is 2.78 bits per heavy atom. The highest BCUT2D eigenvalue weighted by molar-refractivity contribution is 5.59. The van der Waals surface area contributed by atoms with Crippen molar-refractivity contribution in [2.45, 2.75) is 51.2 Å². The van der Waals surface area contributed by atoms with E-state index in [1.165, 1.54) is 37.1 Å². The fourth-order valence-electron chi connectivity index (χ4n) is 3.33. The first kappa shape index (κ1) is 12.0. The molecule has 1 aromatic rings. The van der Waals surface area contributed by atoms with Gasteiger partial charge in [-0.2, -0.15) is 0 Å². The van der Waals surface area contributed by atoms with Crippen molar-refractivity contribution in [3.05, 3.63) is 29.8 Å². The number of aliphatic hydroxyl groups is 1. The van der Waals surface area contributed by atoms with Crippen molar-refractivity contribution in [2.75, 3.05) is 11.4 Å². The van der Waals surface area contributed by atoms with Gasteiger partial charge >= 0.3 is 0 Å². The molecule has 0 amide bonds. The molecule has 2 heteroatoms. The van der Waals surface area contributed by atoms with Gasteiger partial charge in [0, 0.05) is 18.3 Å². The van der Waals surface area contributed by atoms with Gasteiger partial charge in [0.15, 0.2) is 0 Å². The monoisotopic (exact) mass is 245 g/mol. The molecule has 0 radical (unpaired) electrons.